The third-order valence-corrected chi connectivity index (χ3v) is 11.3. The van der Waals surface area contributed by atoms with Gasteiger partial charge < -0.3 is 19.5 Å². The molecule has 0 heterocycles. The van der Waals surface area contributed by atoms with Crippen molar-refractivity contribution in [2.75, 3.05) is 32.8 Å². The minimum atomic E-state index is 0.00887. The maximum absolute atomic E-state index is 12.8. The highest BCUT2D eigenvalue weighted by molar-refractivity contribution is 5.69. The maximum atomic E-state index is 12.8. The van der Waals surface area contributed by atoms with Gasteiger partial charge in [-0.05, 0) is 103 Å². The summed E-state index contributed by atoms with van der Waals surface area (Å²) in [6.45, 7) is 13.2. The first-order valence-electron chi connectivity index (χ1n) is 24.2. The predicted molar refractivity (Wildman–Crippen MR) is 232 cm³/mol. The van der Waals surface area contributed by atoms with Gasteiger partial charge in [0.25, 0.3) is 0 Å². The first-order chi connectivity index (χ1) is 26.5. The van der Waals surface area contributed by atoms with Crippen LogP contribution in [-0.4, -0.2) is 60.9 Å². The van der Waals surface area contributed by atoms with Crippen LogP contribution in [0.15, 0.2) is 0 Å². The van der Waals surface area contributed by atoms with E-state index >= 15 is 0 Å². The maximum Gasteiger partial charge on any atom is 0.306 e. The van der Waals surface area contributed by atoms with E-state index in [9.17, 15) is 14.7 Å². The number of aliphatic hydroxyl groups excluding tert-OH is 1. The van der Waals surface area contributed by atoms with Crippen molar-refractivity contribution in [1.82, 2.24) is 4.90 Å². The Labute approximate surface area is 337 Å². The third kappa shape index (κ3) is 37.8. The Morgan fingerprint density at radius 1 is 0.463 bits per heavy atom. The average molecular weight is 766 g/mol. The van der Waals surface area contributed by atoms with Gasteiger partial charge in [0.05, 0.1) is 6.61 Å². The SMILES string of the molecule is CCCCCCCCC(CCCCCCCC)OC(=O)CCCCCCCN(CCCCO)CCCCCCCCOC(=O)CC(CCCC)CCCC. The van der Waals surface area contributed by atoms with Crippen molar-refractivity contribution in [3.63, 3.8) is 0 Å². The molecule has 0 atom stereocenters. The number of unbranched alkanes of at least 4 members (excludes halogenated alkanes) is 22. The number of hydrogen-bond donors (Lipinski definition) is 1. The highest BCUT2D eigenvalue weighted by atomic mass is 16.5. The fourth-order valence-corrected chi connectivity index (χ4v) is 7.69. The van der Waals surface area contributed by atoms with Crippen molar-refractivity contribution in [1.29, 1.82) is 0 Å². The van der Waals surface area contributed by atoms with Crippen LogP contribution in [0.2, 0.25) is 0 Å². The number of rotatable bonds is 44. The lowest BCUT2D eigenvalue weighted by molar-refractivity contribution is -0.150. The molecule has 0 aromatic heterocycles. The molecule has 0 aromatic rings. The zero-order valence-corrected chi connectivity index (χ0v) is 37.0. The molecule has 0 aliphatic rings. The molecule has 0 aliphatic heterocycles. The van der Waals surface area contributed by atoms with Crippen LogP contribution >= 0.6 is 0 Å². The summed E-state index contributed by atoms with van der Waals surface area (Å²) in [6, 6.07) is 0. The molecule has 0 unspecified atom stereocenters. The number of hydrogen-bond acceptors (Lipinski definition) is 6. The van der Waals surface area contributed by atoms with Crippen molar-refractivity contribution >= 4 is 11.9 Å². The molecule has 0 rings (SSSR count). The van der Waals surface area contributed by atoms with E-state index in [1.165, 1.54) is 148 Å². The Morgan fingerprint density at radius 3 is 1.39 bits per heavy atom. The molecule has 0 aromatic carbocycles. The van der Waals surface area contributed by atoms with Gasteiger partial charge in [-0.3, -0.25) is 9.59 Å². The summed E-state index contributed by atoms with van der Waals surface area (Å²) in [5.74, 6) is 0.536. The van der Waals surface area contributed by atoms with E-state index in [1.807, 2.05) is 0 Å². The van der Waals surface area contributed by atoms with Gasteiger partial charge in [0.15, 0.2) is 0 Å². The first kappa shape index (κ1) is 52.9. The number of carbonyl (C=O) groups is 2. The van der Waals surface area contributed by atoms with E-state index in [0.29, 0.717) is 25.4 Å². The lowest BCUT2D eigenvalue weighted by Gasteiger charge is -2.22. The van der Waals surface area contributed by atoms with Crippen LogP contribution in [0.3, 0.4) is 0 Å². The normalized spacial score (nSPS) is 11.7. The Hall–Kier alpha value is -1.14. The molecule has 0 saturated carbocycles. The molecule has 0 saturated heterocycles. The molecular weight excluding hydrogens is 671 g/mol. The van der Waals surface area contributed by atoms with E-state index in [2.05, 4.69) is 32.6 Å². The second kappa shape index (κ2) is 43.0. The first-order valence-corrected chi connectivity index (χ1v) is 24.2. The highest BCUT2D eigenvalue weighted by Gasteiger charge is 2.16. The minimum Gasteiger partial charge on any atom is -0.466 e. The lowest BCUT2D eigenvalue weighted by Crippen LogP contribution is -2.27. The number of esters is 2. The highest BCUT2D eigenvalue weighted by Crippen LogP contribution is 2.21. The fraction of sp³-hybridized carbons (Fsp3) is 0.958. The topological polar surface area (TPSA) is 76.1 Å². The molecule has 0 bridgehead atoms. The summed E-state index contributed by atoms with van der Waals surface area (Å²) < 4.78 is 11.6. The zero-order valence-electron chi connectivity index (χ0n) is 37.0. The van der Waals surface area contributed by atoms with Crippen molar-refractivity contribution in [2.45, 2.75) is 259 Å². The van der Waals surface area contributed by atoms with Gasteiger partial charge in [-0.2, -0.15) is 0 Å². The summed E-state index contributed by atoms with van der Waals surface area (Å²) in [5, 5.41) is 9.30. The Morgan fingerprint density at radius 2 is 0.889 bits per heavy atom. The van der Waals surface area contributed by atoms with Crippen LogP contribution in [0, 0.1) is 5.92 Å². The second-order valence-electron chi connectivity index (χ2n) is 16.7. The standard InChI is InChI=1S/C48H95NO5/c1-5-9-13-15-20-26-36-46(37-27-21-16-14-10-6-2)54-47(51)38-28-22-19-24-30-40-49(41-31-32-42-50)39-29-23-17-18-25-33-43-53-48(52)44-45(34-11-7-3)35-12-8-4/h45-46,50H,5-44H2,1-4H3. The molecule has 322 valence electrons. The number of carbonyl (C=O) groups excluding carboxylic acids is 2. The van der Waals surface area contributed by atoms with E-state index in [0.717, 1.165) is 83.8 Å². The van der Waals surface area contributed by atoms with E-state index in [-0.39, 0.29) is 24.6 Å². The predicted octanol–water partition coefficient (Wildman–Crippen LogP) is 14.1. The van der Waals surface area contributed by atoms with Crippen molar-refractivity contribution in [3.05, 3.63) is 0 Å². The molecule has 0 fully saturated rings. The monoisotopic (exact) mass is 766 g/mol. The van der Waals surface area contributed by atoms with Gasteiger partial charge in [0.2, 0.25) is 0 Å². The zero-order chi connectivity index (χ0) is 39.6. The molecular formula is C48H95NO5. The molecule has 0 spiro atoms. The largest absolute Gasteiger partial charge is 0.466 e. The Bertz CT molecular complexity index is 752. The second-order valence-corrected chi connectivity index (χ2v) is 16.7. The van der Waals surface area contributed by atoms with E-state index in [4.69, 9.17) is 9.47 Å². The Balaban J connectivity index is 4.18. The number of ether oxygens (including phenoxy) is 2. The fourth-order valence-electron chi connectivity index (χ4n) is 7.69. The molecule has 0 aliphatic carbocycles. The van der Waals surface area contributed by atoms with Gasteiger partial charge in [-0.15, -0.1) is 0 Å². The van der Waals surface area contributed by atoms with Crippen molar-refractivity contribution < 1.29 is 24.2 Å². The van der Waals surface area contributed by atoms with Crippen molar-refractivity contribution in [3.8, 4) is 0 Å². The average Bonchev–Trinajstić information content (AvgIpc) is 3.17. The van der Waals surface area contributed by atoms with E-state index < -0.39 is 0 Å². The molecule has 1 N–H and O–H groups in total. The number of aliphatic hydroxyl groups is 1. The van der Waals surface area contributed by atoms with Crippen LogP contribution in [-0.2, 0) is 19.1 Å². The summed E-state index contributed by atoms with van der Waals surface area (Å²) in [7, 11) is 0. The van der Waals surface area contributed by atoms with Crippen LogP contribution in [0.5, 0.6) is 0 Å². The van der Waals surface area contributed by atoms with Gasteiger partial charge >= 0.3 is 11.9 Å². The van der Waals surface area contributed by atoms with Crippen molar-refractivity contribution in [2.24, 2.45) is 5.92 Å². The van der Waals surface area contributed by atoms with Crippen LogP contribution in [0.25, 0.3) is 0 Å². The Kier molecular flexibility index (Phi) is 42.1. The molecule has 0 radical (unpaired) electrons. The lowest BCUT2D eigenvalue weighted by atomic mass is 9.93. The third-order valence-electron chi connectivity index (χ3n) is 11.3. The summed E-state index contributed by atoms with van der Waals surface area (Å²) in [4.78, 5) is 27.7. The van der Waals surface area contributed by atoms with Crippen LogP contribution in [0.1, 0.15) is 252 Å². The van der Waals surface area contributed by atoms with Crippen LogP contribution < -0.4 is 0 Å². The quantitative estimate of drug-likeness (QED) is 0.0492. The smallest absolute Gasteiger partial charge is 0.306 e. The summed E-state index contributed by atoms with van der Waals surface area (Å²) in [5.41, 5.74) is 0. The number of nitrogens with zero attached hydrogens (tertiary/aromatic N) is 1. The molecule has 6 nitrogen and oxygen atoms in total. The molecule has 0 amide bonds. The van der Waals surface area contributed by atoms with Gasteiger partial charge in [-0.1, -0.05) is 163 Å². The summed E-state index contributed by atoms with van der Waals surface area (Å²) >= 11 is 0. The van der Waals surface area contributed by atoms with Gasteiger partial charge in [-0.25, -0.2) is 0 Å². The van der Waals surface area contributed by atoms with Gasteiger partial charge in [0, 0.05) is 19.4 Å². The van der Waals surface area contributed by atoms with Gasteiger partial charge in [0.1, 0.15) is 6.10 Å². The van der Waals surface area contributed by atoms with E-state index in [1.54, 1.807) is 0 Å². The minimum absolute atomic E-state index is 0.00887. The summed E-state index contributed by atoms with van der Waals surface area (Å²) in [6.07, 6.45) is 40.6. The molecule has 6 heteroatoms. The van der Waals surface area contributed by atoms with Crippen LogP contribution in [0.4, 0.5) is 0 Å². The molecule has 54 heavy (non-hydrogen) atoms.